The van der Waals surface area contributed by atoms with Crippen LogP contribution >= 0.6 is 11.3 Å². The Balaban J connectivity index is 2.09. The molecule has 4 nitrogen and oxygen atoms in total. The van der Waals surface area contributed by atoms with Crippen molar-refractivity contribution in [2.45, 2.75) is 19.8 Å². The van der Waals surface area contributed by atoms with Gasteiger partial charge in [-0.1, -0.05) is 0 Å². The Labute approximate surface area is 91.9 Å². The molecule has 1 amide bonds. The summed E-state index contributed by atoms with van der Waals surface area (Å²) in [5, 5.41) is 0. The second-order valence-corrected chi connectivity index (χ2v) is 4.45. The van der Waals surface area contributed by atoms with E-state index in [1.165, 1.54) is 11.3 Å². The van der Waals surface area contributed by atoms with Crippen molar-refractivity contribution < 1.29 is 9.59 Å². The largest absolute Gasteiger partial charge is 0.337 e. The predicted octanol–water partition coefficient (Wildman–Crippen LogP) is 1.26. The number of nitrogens with zero attached hydrogens (tertiary/aromatic N) is 2. The molecule has 1 aliphatic rings. The van der Waals surface area contributed by atoms with Crippen LogP contribution < -0.4 is 0 Å². The summed E-state index contributed by atoms with van der Waals surface area (Å²) in [6.45, 7) is 2.93. The number of amides is 1. The number of aryl methyl sites for hydroxylation is 1. The van der Waals surface area contributed by atoms with Gasteiger partial charge < -0.3 is 4.90 Å². The standard InChI is InChI=1S/C10H12N2O2S/c1-7-9(15-6-11-7)10(14)12-4-2-8(13)3-5-12/h6H,2-5H2,1H3. The fourth-order valence-electron chi connectivity index (χ4n) is 1.61. The predicted molar refractivity (Wildman–Crippen MR) is 57.0 cm³/mol. The van der Waals surface area contributed by atoms with Gasteiger partial charge in [-0.3, -0.25) is 9.59 Å². The van der Waals surface area contributed by atoms with Crippen LogP contribution in [0.1, 0.15) is 28.2 Å². The van der Waals surface area contributed by atoms with Crippen molar-refractivity contribution in [1.82, 2.24) is 9.88 Å². The Kier molecular flexibility index (Phi) is 2.81. The van der Waals surface area contributed by atoms with Crippen molar-refractivity contribution >= 4 is 23.0 Å². The number of piperidine rings is 1. The maximum absolute atomic E-state index is 12.0. The summed E-state index contributed by atoms with van der Waals surface area (Å²) in [6, 6.07) is 0. The average molecular weight is 224 g/mol. The van der Waals surface area contributed by atoms with Crippen LogP contribution in [0.3, 0.4) is 0 Å². The fraction of sp³-hybridized carbons (Fsp3) is 0.500. The van der Waals surface area contributed by atoms with Gasteiger partial charge in [-0.15, -0.1) is 11.3 Å². The quantitative estimate of drug-likeness (QED) is 0.721. The lowest BCUT2D eigenvalue weighted by Gasteiger charge is -2.25. The van der Waals surface area contributed by atoms with E-state index in [0.717, 1.165) is 5.69 Å². The third-order valence-corrected chi connectivity index (χ3v) is 3.46. The third-order valence-electron chi connectivity index (χ3n) is 2.55. The molecular formula is C10H12N2O2S. The van der Waals surface area contributed by atoms with Crippen molar-refractivity contribution in [3.05, 3.63) is 16.1 Å². The van der Waals surface area contributed by atoms with Gasteiger partial charge >= 0.3 is 0 Å². The van der Waals surface area contributed by atoms with E-state index in [2.05, 4.69) is 4.98 Å². The second kappa shape index (κ2) is 4.10. The number of hydrogen-bond donors (Lipinski definition) is 0. The molecule has 1 saturated heterocycles. The summed E-state index contributed by atoms with van der Waals surface area (Å²) in [7, 11) is 0. The zero-order valence-corrected chi connectivity index (χ0v) is 9.34. The topological polar surface area (TPSA) is 50.3 Å². The van der Waals surface area contributed by atoms with Gasteiger partial charge in [0.2, 0.25) is 0 Å². The molecule has 0 spiro atoms. The lowest BCUT2D eigenvalue weighted by atomic mass is 10.1. The molecule has 1 aromatic rings. The summed E-state index contributed by atoms with van der Waals surface area (Å²) in [5.41, 5.74) is 2.46. The highest BCUT2D eigenvalue weighted by molar-refractivity contribution is 7.11. The highest BCUT2D eigenvalue weighted by Gasteiger charge is 2.23. The first-order valence-corrected chi connectivity index (χ1v) is 5.77. The highest BCUT2D eigenvalue weighted by atomic mass is 32.1. The van der Waals surface area contributed by atoms with Gasteiger partial charge in [-0.05, 0) is 6.92 Å². The van der Waals surface area contributed by atoms with E-state index >= 15 is 0 Å². The number of thiazole rings is 1. The van der Waals surface area contributed by atoms with Crippen LogP contribution in [0.2, 0.25) is 0 Å². The van der Waals surface area contributed by atoms with Gasteiger partial charge in [0, 0.05) is 25.9 Å². The van der Waals surface area contributed by atoms with Crippen LogP contribution in [-0.2, 0) is 4.79 Å². The molecule has 1 fully saturated rings. The van der Waals surface area contributed by atoms with Crippen molar-refractivity contribution in [1.29, 1.82) is 0 Å². The van der Waals surface area contributed by atoms with Crippen molar-refractivity contribution in [2.75, 3.05) is 13.1 Å². The number of ketones is 1. The smallest absolute Gasteiger partial charge is 0.265 e. The van der Waals surface area contributed by atoms with Gasteiger partial charge in [-0.25, -0.2) is 4.98 Å². The van der Waals surface area contributed by atoms with Gasteiger partial charge in [0.15, 0.2) is 0 Å². The number of carbonyl (C=O) groups is 2. The minimum Gasteiger partial charge on any atom is -0.337 e. The molecule has 0 unspecified atom stereocenters. The summed E-state index contributed by atoms with van der Waals surface area (Å²) in [4.78, 5) is 29.5. The molecule has 0 bridgehead atoms. The van der Waals surface area contributed by atoms with Gasteiger partial charge in [0.25, 0.3) is 5.91 Å². The molecule has 0 saturated carbocycles. The van der Waals surface area contributed by atoms with E-state index in [9.17, 15) is 9.59 Å². The molecular weight excluding hydrogens is 212 g/mol. The molecule has 0 aromatic carbocycles. The first kappa shape index (κ1) is 10.3. The van der Waals surface area contributed by atoms with E-state index < -0.39 is 0 Å². The zero-order chi connectivity index (χ0) is 10.8. The number of aromatic nitrogens is 1. The Bertz CT molecular complexity index is 390. The molecule has 0 N–H and O–H groups in total. The average Bonchev–Trinajstić information content (AvgIpc) is 2.65. The van der Waals surface area contributed by atoms with E-state index in [4.69, 9.17) is 0 Å². The van der Waals surface area contributed by atoms with Crippen LogP contribution in [0.4, 0.5) is 0 Å². The number of rotatable bonds is 1. The molecule has 2 heterocycles. The molecule has 5 heteroatoms. The van der Waals surface area contributed by atoms with Crippen molar-refractivity contribution in [3.63, 3.8) is 0 Å². The number of likely N-dealkylation sites (tertiary alicyclic amines) is 1. The van der Waals surface area contributed by atoms with E-state index in [0.29, 0.717) is 30.8 Å². The Morgan fingerprint density at radius 1 is 1.47 bits per heavy atom. The van der Waals surface area contributed by atoms with Crippen LogP contribution in [0.15, 0.2) is 5.51 Å². The van der Waals surface area contributed by atoms with Crippen LogP contribution in [0.5, 0.6) is 0 Å². The Morgan fingerprint density at radius 2 is 2.13 bits per heavy atom. The van der Waals surface area contributed by atoms with Crippen molar-refractivity contribution in [2.24, 2.45) is 0 Å². The van der Waals surface area contributed by atoms with E-state index in [-0.39, 0.29) is 11.7 Å². The number of Topliss-reactive ketones (excluding diaryl/α,β-unsaturated/α-hetero) is 1. The lowest BCUT2D eigenvalue weighted by Crippen LogP contribution is -2.38. The minimum atomic E-state index is 0.0162. The zero-order valence-electron chi connectivity index (χ0n) is 8.52. The second-order valence-electron chi connectivity index (χ2n) is 3.60. The molecule has 0 radical (unpaired) electrons. The third kappa shape index (κ3) is 2.07. The summed E-state index contributed by atoms with van der Waals surface area (Å²) >= 11 is 1.36. The maximum atomic E-state index is 12.0. The normalized spacial score (nSPS) is 16.9. The molecule has 1 aliphatic heterocycles. The number of carbonyl (C=O) groups excluding carboxylic acids is 2. The lowest BCUT2D eigenvalue weighted by molar-refractivity contribution is -0.120. The highest BCUT2D eigenvalue weighted by Crippen LogP contribution is 2.17. The maximum Gasteiger partial charge on any atom is 0.265 e. The van der Waals surface area contributed by atoms with Crippen LogP contribution in [0.25, 0.3) is 0 Å². The van der Waals surface area contributed by atoms with Gasteiger partial charge in [0.1, 0.15) is 10.7 Å². The Hall–Kier alpha value is -1.23. The SMILES string of the molecule is Cc1ncsc1C(=O)N1CCC(=O)CC1. The van der Waals surface area contributed by atoms with Gasteiger partial charge in [0.05, 0.1) is 11.2 Å². The van der Waals surface area contributed by atoms with E-state index in [1.807, 2.05) is 6.92 Å². The Morgan fingerprint density at radius 3 is 2.67 bits per heavy atom. The molecule has 1 aromatic heterocycles. The summed E-state index contributed by atoms with van der Waals surface area (Å²) in [5.74, 6) is 0.266. The molecule has 0 aliphatic carbocycles. The molecule has 15 heavy (non-hydrogen) atoms. The van der Waals surface area contributed by atoms with Crippen molar-refractivity contribution in [3.8, 4) is 0 Å². The van der Waals surface area contributed by atoms with Crippen LogP contribution in [-0.4, -0.2) is 34.7 Å². The van der Waals surface area contributed by atoms with E-state index in [1.54, 1.807) is 10.4 Å². The first-order chi connectivity index (χ1) is 7.18. The minimum absolute atomic E-state index is 0.0162. The summed E-state index contributed by atoms with van der Waals surface area (Å²) in [6.07, 6.45) is 0.979. The fourth-order valence-corrected chi connectivity index (χ4v) is 2.38. The van der Waals surface area contributed by atoms with Gasteiger partial charge in [-0.2, -0.15) is 0 Å². The molecule has 80 valence electrons. The first-order valence-electron chi connectivity index (χ1n) is 4.89. The van der Waals surface area contributed by atoms with Crippen LogP contribution in [0, 0.1) is 6.92 Å². The monoisotopic (exact) mass is 224 g/mol. The molecule has 0 atom stereocenters. The summed E-state index contributed by atoms with van der Waals surface area (Å²) < 4.78 is 0. The molecule has 2 rings (SSSR count). The number of hydrogen-bond acceptors (Lipinski definition) is 4.